The van der Waals surface area contributed by atoms with Gasteiger partial charge in [-0.3, -0.25) is 4.90 Å². The van der Waals surface area contributed by atoms with Gasteiger partial charge in [0.1, 0.15) is 0 Å². The predicted octanol–water partition coefficient (Wildman–Crippen LogP) is 0.171. The van der Waals surface area contributed by atoms with Crippen LogP contribution in [0.3, 0.4) is 0 Å². The molecule has 1 unspecified atom stereocenters. The molecule has 0 amide bonds. The summed E-state index contributed by atoms with van der Waals surface area (Å²) in [5, 5.41) is 0.135. The molecular weight excluding hydrogens is 310 g/mol. The molecule has 1 aliphatic heterocycles. The lowest BCUT2D eigenvalue weighted by Gasteiger charge is -2.38. The molecule has 9 heteroatoms. The van der Waals surface area contributed by atoms with Crippen LogP contribution in [-0.4, -0.2) is 64.8 Å². The molecule has 1 atom stereocenters. The number of imidazole rings is 1. The maximum atomic E-state index is 12.4. The first-order chi connectivity index (χ1) is 9.96. The Kier molecular flexibility index (Phi) is 5.31. The van der Waals surface area contributed by atoms with Crippen LogP contribution in [-0.2, 0) is 10.0 Å². The van der Waals surface area contributed by atoms with Gasteiger partial charge < -0.3 is 10.7 Å². The van der Waals surface area contributed by atoms with Crippen molar-refractivity contribution in [3.63, 3.8) is 0 Å². The van der Waals surface area contributed by atoms with E-state index in [2.05, 4.69) is 21.8 Å². The maximum Gasteiger partial charge on any atom is 0.260 e. The van der Waals surface area contributed by atoms with E-state index in [0.717, 1.165) is 12.8 Å². The summed E-state index contributed by atoms with van der Waals surface area (Å²) in [6.07, 6.45) is 4.60. The molecule has 3 N–H and O–H groups in total. The Hall–Kier alpha value is -1.03. The SMILES string of the molecule is CCCC(C(N)=S)N1CCN(S(=O)(=O)c2cnc[nH]2)CC1. The van der Waals surface area contributed by atoms with Crippen LogP contribution in [0, 0.1) is 0 Å². The van der Waals surface area contributed by atoms with Crippen molar-refractivity contribution in [1.82, 2.24) is 19.2 Å². The topological polar surface area (TPSA) is 95.3 Å². The van der Waals surface area contributed by atoms with Gasteiger partial charge in [-0.15, -0.1) is 0 Å². The number of piperazine rings is 1. The van der Waals surface area contributed by atoms with Gasteiger partial charge in [0.2, 0.25) is 0 Å². The fraction of sp³-hybridized carbons (Fsp3) is 0.667. The van der Waals surface area contributed by atoms with Crippen molar-refractivity contribution in [3.05, 3.63) is 12.5 Å². The number of hydrogen-bond acceptors (Lipinski definition) is 5. The Bertz CT molecular complexity index is 564. The van der Waals surface area contributed by atoms with Crippen molar-refractivity contribution in [2.24, 2.45) is 5.73 Å². The quantitative estimate of drug-likeness (QED) is 0.722. The average Bonchev–Trinajstić information content (AvgIpc) is 2.99. The summed E-state index contributed by atoms with van der Waals surface area (Å²) in [7, 11) is -3.48. The number of nitrogens with zero attached hydrogens (tertiary/aromatic N) is 3. The van der Waals surface area contributed by atoms with Gasteiger partial charge in [-0.25, -0.2) is 13.4 Å². The minimum absolute atomic E-state index is 0.0574. The Balaban J connectivity index is 2.02. The lowest BCUT2D eigenvalue weighted by Crippen LogP contribution is -2.54. The summed E-state index contributed by atoms with van der Waals surface area (Å²) in [4.78, 5) is 9.08. The summed E-state index contributed by atoms with van der Waals surface area (Å²) in [5.41, 5.74) is 5.80. The molecular formula is C12H21N5O2S2. The minimum Gasteiger partial charge on any atom is -0.392 e. The summed E-state index contributed by atoms with van der Waals surface area (Å²) < 4.78 is 26.2. The van der Waals surface area contributed by atoms with E-state index in [0.29, 0.717) is 31.2 Å². The second-order valence-corrected chi connectivity index (χ2v) is 7.44. The third-order valence-electron chi connectivity index (χ3n) is 3.70. The number of nitrogens with two attached hydrogens (primary N) is 1. The molecule has 118 valence electrons. The molecule has 1 aromatic heterocycles. The number of H-pyrrole nitrogens is 1. The third kappa shape index (κ3) is 3.60. The van der Waals surface area contributed by atoms with Crippen molar-refractivity contribution in [1.29, 1.82) is 0 Å². The van der Waals surface area contributed by atoms with Crippen LogP contribution in [0.2, 0.25) is 0 Å². The number of rotatable bonds is 6. The van der Waals surface area contributed by atoms with Gasteiger partial charge >= 0.3 is 0 Å². The molecule has 7 nitrogen and oxygen atoms in total. The van der Waals surface area contributed by atoms with Gasteiger partial charge in [-0.2, -0.15) is 4.31 Å². The van der Waals surface area contributed by atoms with Gasteiger partial charge in [0.05, 0.1) is 23.6 Å². The lowest BCUT2D eigenvalue weighted by molar-refractivity contribution is 0.162. The number of thiocarbonyl (C=S) groups is 1. The number of nitrogens with one attached hydrogen (secondary N) is 1. The summed E-state index contributed by atoms with van der Waals surface area (Å²) in [5.74, 6) is 0. The van der Waals surface area contributed by atoms with Crippen molar-refractivity contribution in [3.8, 4) is 0 Å². The highest BCUT2D eigenvalue weighted by Crippen LogP contribution is 2.17. The standard InChI is InChI=1S/C12H21N5O2S2/c1-2-3-10(12(13)20)16-4-6-17(7-5-16)21(18,19)11-8-14-9-15-11/h8-10H,2-7H2,1H3,(H2,13,20)(H,14,15). The van der Waals surface area contributed by atoms with Crippen molar-refractivity contribution < 1.29 is 8.42 Å². The number of sulfonamides is 1. The van der Waals surface area contributed by atoms with E-state index in [1.165, 1.54) is 16.8 Å². The van der Waals surface area contributed by atoms with Crippen LogP contribution in [0.1, 0.15) is 19.8 Å². The highest BCUT2D eigenvalue weighted by atomic mass is 32.2. The Morgan fingerprint density at radius 2 is 2.14 bits per heavy atom. The molecule has 2 rings (SSSR count). The average molecular weight is 331 g/mol. The molecule has 0 saturated carbocycles. The van der Waals surface area contributed by atoms with Gasteiger partial charge in [-0.1, -0.05) is 25.6 Å². The van der Waals surface area contributed by atoms with Crippen molar-refractivity contribution in [2.75, 3.05) is 26.2 Å². The van der Waals surface area contributed by atoms with Gasteiger partial charge in [-0.05, 0) is 6.42 Å². The first kappa shape index (κ1) is 16.3. The van der Waals surface area contributed by atoms with E-state index in [4.69, 9.17) is 18.0 Å². The summed E-state index contributed by atoms with van der Waals surface area (Å²) >= 11 is 5.12. The van der Waals surface area contributed by atoms with Crippen LogP contribution in [0.15, 0.2) is 17.6 Å². The molecule has 21 heavy (non-hydrogen) atoms. The molecule has 0 spiro atoms. The molecule has 0 aliphatic carbocycles. The number of aromatic nitrogens is 2. The molecule has 1 aliphatic rings. The number of aromatic amines is 1. The molecule has 1 aromatic rings. The molecule has 0 bridgehead atoms. The van der Waals surface area contributed by atoms with Crippen molar-refractivity contribution in [2.45, 2.75) is 30.8 Å². The van der Waals surface area contributed by atoms with E-state index < -0.39 is 10.0 Å². The largest absolute Gasteiger partial charge is 0.392 e. The van der Waals surface area contributed by atoms with E-state index in [-0.39, 0.29) is 11.1 Å². The van der Waals surface area contributed by atoms with Gasteiger partial charge in [0.25, 0.3) is 10.0 Å². The zero-order chi connectivity index (χ0) is 15.5. The third-order valence-corrected chi connectivity index (χ3v) is 5.79. The highest BCUT2D eigenvalue weighted by Gasteiger charge is 2.32. The molecule has 0 aromatic carbocycles. The van der Waals surface area contributed by atoms with E-state index in [1.54, 1.807) is 0 Å². The summed E-state index contributed by atoms with van der Waals surface area (Å²) in [6.45, 7) is 4.23. The molecule has 1 fully saturated rings. The van der Waals surface area contributed by atoms with Crippen LogP contribution >= 0.6 is 12.2 Å². The Morgan fingerprint density at radius 1 is 1.48 bits per heavy atom. The molecule has 0 radical (unpaired) electrons. The fourth-order valence-electron chi connectivity index (χ4n) is 2.56. The molecule has 1 saturated heterocycles. The van der Waals surface area contributed by atoms with Crippen molar-refractivity contribution >= 4 is 27.2 Å². The predicted molar refractivity (Wildman–Crippen MR) is 84.4 cm³/mol. The summed E-state index contributed by atoms with van der Waals surface area (Å²) in [6, 6.07) is 0.0574. The zero-order valence-corrected chi connectivity index (χ0v) is 13.7. The first-order valence-electron chi connectivity index (χ1n) is 6.98. The monoisotopic (exact) mass is 331 g/mol. The van der Waals surface area contributed by atoms with Crippen LogP contribution < -0.4 is 5.73 Å². The maximum absolute atomic E-state index is 12.4. The van der Waals surface area contributed by atoms with E-state index in [1.807, 2.05) is 0 Å². The van der Waals surface area contributed by atoms with E-state index in [9.17, 15) is 8.42 Å². The minimum atomic E-state index is -3.48. The second-order valence-electron chi connectivity index (χ2n) is 5.06. The molecule has 2 heterocycles. The van der Waals surface area contributed by atoms with Crippen LogP contribution in [0.4, 0.5) is 0 Å². The number of hydrogen-bond donors (Lipinski definition) is 2. The highest BCUT2D eigenvalue weighted by molar-refractivity contribution is 7.89. The lowest BCUT2D eigenvalue weighted by atomic mass is 10.1. The second kappa shape index (κ2) is 6.82. The zero-order valence-electron chi connectivity index (χ0n) is 12.0. The smallest absolute Gasteiger partial charge is 0.260 e. The van der Waals surface area contributed by atoms with E-state index >= 15 is 0 Å². The van der Waals surface area contributed by atoms with Gasteiger partial charge in [0.15, 0.2) is 5.03 Å². The Morgan fingerprint density at radius 3 is 2.62 bits per heavy atom. The van der Waals surface area contributed by atoms with Crippen LogP contribution in [0.25, 0.3) is 0 Å². The Labute approximate surface area is 130 Å². The fourth-order valence-corrected chi connectivity index (χ4v) is 4.14. The normalized spacial score (nSPS) is 19.5. The first-order valence-corrected chi connectivity index (χ1v) is 8.83. The van der Waals surface area contributed by atoms with Crippen LogP contribution in [0.5, 0.6) is 0 Å². The van der Waals surface area contributed by atoms with Gasteiger partial charge in [0, 0.05) is 26.2 Å².